The monoisotopic (exact) mass is 287 g/mol. The number of hydrogen-bond donors (Lipinski definition) is 2. The van der Waals surface area contributed by atoms with Gasteiger partial charge in [0.05, 0.1) is 16.1 Å². The first kappa shape index (κ1) is 14.6. The molecule has 0 heterocycles. The molecular formula is C10H10Cl2F3NO. The predicted molar refractivity (Wildman–Crippen MR) is 60.1 cm³/mol. The molecule has 0 fully saturated rings. The Bertz CT molecular complexity index is 398. The fraction of sp³-hybridized carbons (Fsp3) is 0.400. The molecule has 17 heavy (non-hydrogen) atoms. The summed E-state index contributed by atoms with van der Waals surface area (Å²) in [6, 6.07) is 2.27. The van der Waals surface area contributed by atoms with E-state index in [0.717, 1.165) is 0 Å². The van der Waals surface area contributed by atoms with Crippen molar-refractivity contribution >= 4 is 23.2 Å². The molecule has 0 saturated heterocycles. The smallest absolute Gasteiger partial charge is 0.388 e. The van der Waals surface area contributed by atoms with Crippen LogP contribution in [0, 0.1) is 0 Å². The number of hydrogen-bond acceptors (Lipinski definition) is 2. The zero-order valence-corrected chi connectivity index (χ0v) is 10.0. The maximum absolute atomic E-state index is 12.2. The van der Waals surface area contributed by atoms with Gasteiger partial charge in [-0.1, -0.05) is 35.3 Å². The van der Waals surface area contributed by atoms with Gasteiger partial charge in [0.15, 0.2) is 0 Å². The quantitative estimate of drug-likeness (QED) is 0.896. The molecule has 96 valence electrons. The Balaban J connectivity index is 2.84. The second-order valence-corrected chi connectivity index (χ2v) is 4.33. The Morgan fingerprint density at radius 3 is 2.41 bits per heavy atom. The molecule has 1 aromatic carbocycles. The summed E-state index contributed by atoms with van der Waals surface area (Å²) in [4.78, 5) is 0. The van der Waals surface area contributed by atoms with E-state index in [4.69, 9.17) is 28.9 Å². The van der Waals surface area contributed by atoms with Gasteiger partial charge in [0.1, 0.15) is 6.04 Å². The number of halogens is 5. The van der Waals surface area contributed by atoms with Gasteiger partial charge in [-0.3, -0.25) is 0 Å². The van der Waals surface area contributed by atoms with Crippen molar-refractivity contribution in [3.8, 4) is 0 Å². The van der Waals surface area contributed by atoms with Gasteiger partial charge in [-0.05, 0) is 6.07 Å². The summed E-state index contributed by atoms with van der Waals surface area (Å²) in [6.45, 7) is 0. The molecule has 2 atom stereocenters. The molecule has 0 unspecified atom stereocenters. The van der Waals surface area contributed by atoms with Crippen LogP contribution in [0.1, 0.15) is 18.1 Å². The third kappa shape index (κ3) is 3.74. The molecule has 0 aromatic heterocycles. The van der Waals surface area contributed by atoms with E-state index in [1.165, 1.54) is 18.2 Å². The molecule has 7 heteroatoms. The lowest BCUT2D eigenvalue weighted by atomic mass is 10.0. The van der Waals surface area contributed by atoms with E-state index in [-0.39, 0.29) is 15.6 Å². The van der Waals surface area contributed by atoms with Crippen LogP contribution in [0.4, 0.5) is 13.2 Å². The molecule has 0 radical (unpaired) electrons. The maximum atomic E-state index is 12.2. The highest BCUT2D eigenvalue weighted by Crippen LogP contribution is 2.33. The van der Waals surface area contributed by atoms with Crippen LogP contribution in [0.15, 0.2) is 18.2 Å². The molecule has 2 nitrogen and oxygen atoms in total. The molecular weight excluding hydrogens is 278 g/mol. The summed E-state index contributed by atoms with van der Waals surface area (Å²) in [7, 11) is 0. The lowest BCUT2D eigenvalue weighted by molar-refractivity contribution is -0.153. The van der Waals surface area contributed by atoms with Crippen LogP contribution in [0.5, 0.6) is 0 Å². The summed E-state index contributed by atoms with van der Waals surface area (Å²) in [5.41, 5.74) is 5.05. The molecule has 1 aromatic rings. The van der Waals surface area contributed by atoms with E-state index in [2.05, 4.69) is 0 Å². The van der Waals surface area contributed by atoms with Crippen molar-refractivity contribution < 1.29 is 18.3 Å². The third-order valence-corrected chi connectivity index (χ3v) is 3.07. The van der Waals surface area contributed by atoms with Crippen LogP contribution in [0.25, 0.3) is 0 Å². The lowest BCUT2D eigenvalue weighted by Gasteiger charge is -2.20. The van der Waals surface area contributed by atoms with E-state index in [9.17, 15) is 18.3 Å². The van der Waals surface area contributed by atoms with Crippen LogP contribution in [-0.4, -0.2) is 17.3 Å². The highest BCUT2D eigenvalue weighted by Gasteiger charge is 2.38. The number of rotatable bonds is 3. The summed E-state index contributed by atoms with van der Waals surface area (Å²) < 4.78 is 36.6. The minimum atomic E-state index is -4.55. The van der Waals surface area contributed by atoms with E-state index < -0.39 is 24.7 Å². The van der Waals surface area contributed by atoms with Crippen LogP contribution < -0.4 is 5.73 Å². The molecule has 0 spiro atoms. The molecule has 0 aliphatic heterocycles. The van der Waals surface area contributed by atoms with Gasteiger partial charge in [0, 0.05) is 12.0 Å². The average Bonchev–Trinajstić information content (AvgIpc) is 2.20. The average molecular weight is 288 g/mol. The number of benzene rings is 1. The topological polar surface area (TPSA) is 46.2 Å². The van der Waals surface area contributed by atoms with Crippen molar-refractivity contribution in [2.24, 2.45) is 5.73 Å². The molecule has 0 aliphatic carbocycles. The zero-order valence-electron chi connectivity index (χ0n) is 8.51. The first-order chi connectivity index (χ1) is 7.73. The van der Waals surface area contributed by atoms with Gasteiger partial charge in [-0.15, -0.1) is 0 Å². The lowest BCUT2D eigenvalue weighted by Crippen LogP contribution is -2.38. The van der Waals surface area contributed by atoms with Gasteiger partial charge in [0.25, 0.3) is 0 Å². The van der Waals surface area contributed by atoms with E-state index in [1.807, 2.05) is 0 Å². The minimum Gasteiger partial charge on any atom is -0.388 e. The third-order valence-electron chi connectivity index (χ3n) is 2.24. The molecule has 3 N–H and O–H groups in total. The first-order valence-corrected chi connectivity index (χ1v) is 5.43. The summed E-state index contributed by atoms with van der Waals surface area (Å²) in [5, 5.41) is 9.84. The Hall–Kier alpha value is -0.490. The largest absolute Gasteiger partial charge is 0.403 e. The Kier molecular flexibility index (Phi) is 4.66. The van der Waals surface area contributed by atoms with Crippen molar-refractivity contribution in [1.29, 1.82) is 0 Å². The Morgan fingerprint density at radius 1 is 1.29 bits per heavy atom. The van der Waals surface area contributed by atoms with Crippen LogP contribution in [0.2, 0.25) is 10.0 Å². The molecule has 0 aliphatic rings. The maximum Gasteiger partial charge on any atom is 0.403 e. The van der Waals surface area contributed by atoms with Gasteiger partial charge in [0.2, 0.25) is 0 Å². The SMILES string of the molecule is N[C@@H](C[C@H](O)c1cccc(Cl)c1Cl)C(F)(F)F. The predicted octanol–water partition coefficient (Wildman–Crippen LogP) is 3.31. The van der Waals surface area contributed by atoms with Gasteiger partial charge in [-0.2, -0.15) is 13.2 Å². The molecule has 0 amide bonds. The van der Waals surface area contributed by atoms with Crippen molar-refractivity contribution in [3.05, 3.63) is 33.8 Å². The van der Waals surface area contributed by atoms with Gasteiger partial charge >= 0.3 is 6.18 Å². The number of aliphatic hydroxyl groups excluding tert-OH is 1. The highest BCUT2D eigenvalue weighted by molar-refractivity contribution is 6.42. The van der Waals surface area contributed by atoms with Crippen LogP contribution in [0.3, 0.4) is 0 Å². The fourth-order valence-electron chi connectivity index (χ4n) is 1.28. The van der Waals surface area contributed by atoms with Crippen molar-refractivity contribution in [2.45, 2.75) is 24.7 Å². The summed E-state index contributed by atoms with van der Waals surface area (Å²) >= 11 is 11.5. The van der Waals surface area contributed by atoms with Crippen LogP contribution >= 0.6 is 23.2 Å². The molecule has 1 rings (SSSR count). The molecule has 0 bridgehead atoms. The highest BCUT2D eigenvalue weighted by atomic mass is 35.5. The van der Waals surface area contributed by atoms with Crippen molar-refractivity contribution in [3.63, 3.8) is 0 Å². The van der Waals surface area contributed by atoms with E-state index in [1.54, 1.807) is 0 Å². The van der Waals surface area contributed by atoms with Crippen molar-refractivity contribution in [2.75, 3.05) is 0 Å². The van der Waals surface area contributed by atoms with E-state index in [0.29, 0.717) is 0 Å². The Morgan fingerprint density at radius 2 is 1.88 bits per heavy atom. The standard InChI is InChI=1S/C10H10Cl2F3NO/c11-6-3-1-2-5(9(6)12)7(17)4-8(16)10(13,14)15/h1-3,7-8,17H,4,16H2/t7-,8-/m0/s1. The van der Waals surface area contributed by atoms with Crippen molar-refractivity contribution in [1.82, 2.24) is 0 Å². The summed E-state index contributed by atoms with van der Waals surface area (Å²) in [5.74, 6) is 0. The minimum absolute atomic E-state index is 0.0380. The van der Waals surface area contributed by atoms with Gasteiger partial charge in [-0.25, -0.2) is 0 Å². The zero-order chi connectivity index (χ0) is 13.2. The molecule has 0 saturated carbocycles. The van der Waals surface area contributed by atoms with Gasteiger partial charge < -0.3 is 10.8 Å². The first-order valence-electron chi connectivity index (χ1n) is 4.67. The summed E-state index contributed by atoms with van der Waals surface area (Å²) in [6.07, 6.45) is -6.62. The second-order valence-electron chi connectivity index (χ2n) is 3.54. The number of nitrogens with two attached hydrogens (primary N) is 1. The van der Waals surface area contributed by atoms with Crippen LogP contribution in [-0.2, 0) is 0 Å². The number of alkyl halides is 3. The Labute approximate surface area is 106 Å². The number of aliphatic hydroxyl groups is 1. The van der Waals surface area contributed by atoms with E-state index >= 15 is 0 Å². The second kappa shape index (κ2) is 5.44. The normalized spacial score (nSPS) is 15.7. The fourth-order valence-corrected chi connectivity index (χ4v) is 1.71.